The highest BCUT2D eigenvalue weighted by Gasteiger charge is 2.21. The highest BCUT2D eigenvalue weighted by atomic mass is 15.1. The monoisotopic (exact) mass is 290 g/mol. The van der Waals surface area contributed by atoms with Gasteiger partial charge in [0.1, 0.15) is 5.82 Å². The molecule has 21 heavy (non-hydrogen) atoms. The smallest absolute Gasteiger partial charge is 0.129 e. The predicted molar refractivity (Wildman–Crippen MR) is 89.5 cm³/mol. The molecule has 1 aromatic rings. The Bertz CT molecular complexity index is 456. The summed E-state index contributed by atoms with van der Waals surface area (Å²) in [5.74, 6) is 1.78. The van der Waals surface area contributed by atoms with Crippen molar-refractivity contribution in [1.29, 1.82) is 0 Å². The lowest BCUT2D eigenvalue weighted by molar-refractivity contribution is 0.226. The van der Waals surface area contributed by atoms with E-state index in [1.807, 2.05) is 6.20 Å². The molecule has 0 aliphatic carbocycles. The standard InChI is InChI=1S/C17H30N4/c1-17(2,3)15-9-14(10-18)12-20-16(15)19-11-13-5-7-21(4)8-6-13/h9,12-13H,5-8,10-11,18H2,1-4H3,(H,19,20). The molecule has 4 nitrogen and oxygen atoms in total. The third-order valence-corrected chi connectivity index (χ3v) is 4.38. The number of hydrogen-bond donors (Lipinski definition) is 2. The second-order valence-electron chi connectivity index (χ2n) is 7.32. The Balaban J connectivity index is 2.05. The number of hydrogen-bond acceptors (Lipinski definition) is 4. The largest absolute Gasteiger partial charge is 0.370 e. The van der Waals surface area contributed by atoms with Gasteiger partial charge in [0.2, 0.25) is 0 Å². The first-order valence-corrected chi connectivity index (χ1v) is 8.02. The molecule has 1 aliphatic heterocycles. The highest BCUT2D eigenvalue weighted by molar-refractivity contribution is 5.49. The zero-order chi connectivity index (χ0) is 15.5. The van der Waals surface area contributed by atoms with E-state index in [0.29, 0.717) is 6.54 Å². The Morgan fingerprint density at radius 1 is 1.33 bits per heavy atom. The minimum atomic E-state index is 0.0767. The molecule has 0 spiro atoms. The Labute approximate surface area is 129 Å². The van der Waals surface area contributed by atoms with E-state index in [1.54, 1.807) is 0 Å². The molecule has 1 aromatic heterocycles. The van der Waals surface area contributed by atoms with E-state index in [9.17, 15) is 0 Å². The molecule has 118 valence electrons. The fraction of sp³-hybridized carbons (Fsp3) is 0.706. The van der Waals surface area contributed by atoms with Crippen molar-refractivity contribution in [2.75, 3.05) is 32.0 Å². The molecule has 0 atom stereocenters. The number of rotatable bonds is 4. The molecule has 4 heteroatoms. The van der Waals surface area contributed by atoms with Crippen molar-refractivity contribution in [3.05, 3.63) is 23.4 Å². The number of likely N-dealkylation sites (tertiary alicyclic amines) is 1. The van der Waals surface area contributed by atoms with Gasteiger partial charge in [-0.1, -0.05) is 20.8 Å². The number of anilines is 1. The summed E-state index contributed by atoms with van der Waals surface area (Å²) >= 11 is 0. The van der Waals surface area contributed by atoms with E-state index in [2.05, 4.69) is 49.1 Å². The van der Waals surface area contributed by atoms with Gasteiger partial charge in [-0.3, -0.25) is 0 Å². The van der Waals surface area contributed by atoms with Gasteiger partial charge in [-0.15, -0.1) is 0 Å². The molecule has 1 saturated heterocycles. The van der Waals surface area contributed by atoms with Crippen LogP contribution in [0.3, 0.4) is 0 Å². The number of aromatic nitrogens is 1. The highest BCUT2D eigenvalue weighted by Crippen LogP contribution is 2.29. The Hall–Kier alpha value is -1.13. The van der Waals surface area contributed by atoms with Crippen molar-refractivity contribution in [3.63, 3.8) is 0 Å². The van der Waals surface area contributed by atoms with E-state index in [0.717, 1.165) is 23.8 Å². The minimum absolute atomic E-state index is 0.0767. The second kappa shape index (κ2) is 6.75. The van der Waals surface area contributed by atoms with Crippen LogP contribution < -0.4 is 11.1 Å². The van der Waals surface area contributed by atoms with E-state index in [4.69, 9.17) is 5.73 Å². The quantitative estimate of drug-likeness (QED) is 0.895. The van der Waals surface area contributed by atoms with Gasteiger partial charge < -0.3 is 16.0 Å². The summed E-state index contributed by atoms with van der Waals surface area (Å²) in [4.78, 5) is 7.02. The van der Waals surface area contributed by atoms with Crippen LogP contribution in [0.15, 0.2) is 12.3 Å². The first-order valence-electron chi connectivity index (χ1n) is 8.02. The zero-order valence-corrected chi connectivity index (χ0v) is 13.9. The fourth-order valence-electron chi connectivity index (χ4n) is 2.84. The molecule has 3 N–H and O–H groups in total. The molecule has 2 rings (SSSR count). The summed E-state index contributed by atoms with van der Waals surface area (Å²) < 4.78 is 0. The molecule has 0 amide bonds. The van der Waals surface area contributed by atoms with Gasteiger partial charge >= 0.3 is 0 Å². The third-order valence-electron chi connectivity index (χ3n) is 4.38. The topological polar surface area (TPSA) is 54.2 Å². The second-order valence-corrected chi connectivity index (χ2v) is 7.32. The summed E-state index contributed by atoms with van der Waals surface area (Å²) in [7, 11) is 2.20. The SMILES string of the molecule is CN1CCC(CNc2ncc(CN)cc2C(C)(C)C)CC1. The van der Waals surface area contributed by atoms with Gasteiger partial charge in [0.05, 0.1) is 0 Å². The summed E-state index contributed by atoms with van der Waals surface area (Å²) in [5.41, 5.74) is 8.19. The van der Waals surface area contributed by atoms with Gasteiger partial charge in [-0.25, -0.2) is 4.98 Å². The molecule has 1 aliphatic rings. The molecule has 0 unspecified atom stereocenters. The molecule has 0 radical (unpaired) electrons. The molecular weight excluding hydrogens is 260 g/mol. The average molecular weight is 290 g/mol. The van der Waals surface area contributed by atoms with Crippen LogP contribution in [-0.2, 0) is 12.0 Å². The van der Waals surface area contributed by atoms with Crippen LogP contribution >= 0.6 is 0 Å². The van der Waals surface area contributed by atoms with E-state index >= 15 is 0 Å². The summed E-state index contributed by atoms with van der Waals surface area (Å²) in [6.45, 7) is 10.7. The van der Waals surface area contributed by atoms with Gasteiger partial charge in [-0.05, 0) is 55.9 Å². The van der Waals surface area contributed by atoms with Gasteiger partial charge in [0.15, 0.2) is 0 Å². The maximum Gasteiger partial charge on any atom is 0.129 e. The number of nitrogens with two attached hydrogens (primary N) is 1. The van der Waals surface area contributed by atoms with E-state index < -0.39 is 0 Å². The number of nitrogens with zero attached hydrogens (tertiary/aromatic N) is 2. The van der Waals surface area contributed by atoms with E-state index in [1.165, 1.54) is 31.5 Å². The lowest BCUT2D eigenvalue weighted by Gasteiger charge is -2.30. The fourth-order valence-corrected chi connectivity index (χ4v) is 2.84. The van der Waals surface area contributed by atoms with Crippen molar-refractivity contribution >= 4 is 5.82 Å². The lowest BCUT2D eigenvalue weighted by Crippen LogP contribution is -2.33. The summed E-state index contributed by atoms with van der Waals surface area (Å²) in [6, 6.07) is 2.20. The van der Waals surface area contributed by atoms with Crippen molar-refractivity contribution in [1.82, 2.24) is 9.88 Å². The minimum Gasteiger partial charge on any atom is -0.370 e. The van der Waals surface area contributed by atoms with Gasteiger partial charge in [-0.2, -0.15) is 0 Å². The summed E-state index contributed by atoms with van der Waals surface area (Å²) in [6.07, 6.45) is 4.44. The molecular formula is C17H30N4. The summed E-state index contributed by atoms with van der Waals surface area (Å²) in [5, 5.41) is 3.59. The first-order chi connectivity index (χ1) is 9.90. The van der Waals surface area contributed by atoms with Crippen LogP contribution in [0.4, 0.5) is 5.82 Å². The number of pyridine rings is 1. The van der Waals surface area contributed by atoms with Crippen LogP contribution in [0.5, 0.6) is 0 Å². The molecule has 0 aromatic carbocycles. The van der Waals surface area contributed by atoms with E-state index in [-0.39, 0.29) is 5.41 Å². The molecule has 0 saturated carbocycles. The lowest BCUT2D eigenvalue weighted by atomic mass is 9.86. The first kappa shape index (κ1) is 16.2. The molecule has 0 bridgehead atoms. The van der Waals surface area contributed by atoms with Crippen molar-refractivity contribution in [3.8, 4) is 0 Å². The number of nitrogens with one attached hydrogen (secondary N) is 1. The zero-order valence-electron chi connectivity index (χ0n) is 13.9. The van der Waals surface area contributed by atoms with Crippen LogP contribution in [0.25, 0.3) is 0 Å². The van der Waals surface area contributed by atoms with Crippen LogP contribution in [-0.4, -0.2) is 36.6 Å². The van der Waals surface area contributed by atoms with Crippen LogP contribution in [0.1, 0.15) is 44.7 Å². The molecule has 2 heterocycles. The Morgan fingerprint density at radius 3 is 2.57 bits per heavy atom. The number of piperidine rings is 1. The van der Waals surface area contributed by atoms with Crippen molar-refractivity contribution in [2.45, 2.75) is 45.6 Å². The predicted octanol–water partition coefficient (Wildman–Crippen LogP) is 2.59. The maximum atomic E-state index is 5.75. The Kier molecular flexibility index (Phi) is 5.22. The maximum absolute atomic E-state index is 5.75. The van der Waals surface area contributed by atoms with Crippen LogP contribution in [0, 0.1) is 5.92 Å². The van der Waals surface area contributed by atoms with Gasteiger partial charge in [0.25, 0.3) is 0 Å². The van der Waals surface area contributed by atoms with Crippen LogP contribution in [0.2, 0.25) is 0 Å². The average Bonchev–Trinajstić information content (AvgIpc) is 2.45. The third kappa shape index (κ3) is 4.42. The molecule has 1 fully saturated rings. The van der Waals surface area contributed by atoms with Gasteiger partial charge in [0, 0.05) is 24.8 Å². The normalized spacial score (nSPS) is 18.0. The Morgan fingerprint density at radius 2 is 2.00 bits per heavy atom. The van der Waals surface area contributed by atoms with Crippen molar-refractivity contribution in [2.24, 2.45) is 11.7 Å². The van der Waals surface area contributed by atoms with Crippen molar-refractivity contribution < 1.29 is 0 Å².